The third kappa shape index (κ3) is 3.44. The topological polar surface area (TPSA) is 44.1 Å². The van der Waals surface area contributed by atoms with Crippen LogP contribution in [0.15, 0.2) is 60.7 Å². The van der Waals surface area contributed by atoms with Crippen molar-refractivity contribution in [3.8, 4) is 5.75 Å². The second-order valence-electron chi connectivity index (χ2n) is 6.15. The van der Waals surface area contributed by atoms with Crippen LogP contribution < -0.4 is 4.74 Å². The van der Waals surface area contributed by atoms with Crippen molar-refractivity contribution in [1.82, 2.24) is 9.55 Å². The fraction of sp³-hybridized carbons (Fsp3) is 0.0476. The Balaban J connectivity index is 1.80. The average molecular weight is 400 g/mol. The predicted molar refractivity (Wildman–Crippen MR) is 96.5 cm³/mol. The summed E-state index contributed by atoms with van der Waals surface area (Å²) in [6, 6.07) is 12.9. The highest BCUT2D eigenvalue weighted by atomic mass is 19.1. The molecule has 1 aromatic heterocycles. The summed E-state index contributed by atoms with van der Waals surface area (Å²) >= 11 is 0. The van der Waals surface area contributed by atoms with Crippen molar-refractivity contribution in [1.29, 1.82) is 0 Å². The molecule has 146 valence electrons. The van der Waals surface area contributed by atoms with E-state index in [0.717, 1.165) is 30.3 Å². The van der Waals surface area contributed by atoms with Crippen molar-refractivity contribution in [3.63, 3.8) is 0 Å². The average Bonchev–Trinajstić information content (AvgIpc) is 3.06. The molecule has 0 bridgehead atoms. The van der Waals surface area contributed by atoms with Gasteiger partial charge in [-0.2, -0.15) is 0 Å². The molecule has 0 radical (unpaired) electrons. The minimum absolute atomic E-state index is 0.290. The van der Waals surface area contributed by atoms with E-state index in [1.807, 2.05) is 0 Å². The highest BCUT2D eigenvalue weighted by Gasteiger charge is 2.24. The molecule has 4 aromatic rings. The molecule has 4 nitrogen and oxygen atoms in total. The molecule has 3 aromatic carbocycles. The molecule has 0 amide bonds. The van der Waals surface area contributed by atoms with Crippen molar-refractivity contribution < 1.29 is 27.1 Å². The number of hydrogen-bond acceptors (Lipinski definition) is 3. The summed E-state index contributed by atoms with van der Waals surface area (Å²) in [5, 5.41) is 0. The van der Waals surface area contributed by atoms with Gasteiger partial charge in [-0.15, -0.1) is 0 Å². The van der Waals surface area contributed by atoms with Crippen molar-refractivity contribution in [2.45, 2.75) is 6.54 Å². The van der Waals surface area contributed by atoms with E-state index in [9.17, 15) is 22.4 Å². The van der Waals surface area contributed by atoms with Crippen LogP contribution in [0.4, 0.5) is 17.6 Å². The molecule has 1 heterocycles. The summed E-state index contributed by atoms with van der Waals surface area (Å²) < 4.78 is 62.1. The number of fused-ring (bicyclic) bond motifs is 1. The predicted octanol–water partition coefficient (Wildman–Crippen LogP) is 4.86. The monoisotopic (exact) mass is 400 g/mol. The summed E-state index contributed by atoms with van der Waals surface area (Å²) in [4.78, 5) is 16.8. The van der Waals surface area contributed by atoms with Gasteiger partial charge < -0.3 is 9.30 Å². The minimum Gasteiger partial charge on any atom is -0.414 e. The van der Waals surface area contributed by atoms with Crippen molar-refractivity contribution in [2.24, 2.45) is 0 Å². The molecular formula is C21H12F4N2O2. The summed E-state index contributed by atoms with van der Waals surface area (Å²) in [5.41, 5.74) is 0.461. The zero-order valence-corrected chi connectivity index (χ0v) is 14.7. The van der Waals surface area contributed by atoms with Crippen LogP contribution in [0.3, 0.4) is 0 Å². The SMILES string of the molecule is O=C(Oc1c(F)cccc1F)c1nc2ccccc2n1Cc1c(F)cccc1F. The van der Waals surface area contributed by atoms with Gasteiger partial charge in [0, 0.05) is 5.56 Å². The molecule has 0 fully saturated rings. The fourth-order valence-electron chi connectivity index (χ4n) is 2.95. The molecule has 0 N–H and O–H groups in total. The molecule has 0 spiro atoms. The zero-order valence-electron chi connectivity index (χ0n) is 14.7. The lowest BCUT2D eigenvalue weighted by atomic mass is 10.2. The first-order chi connectivity index (χ1) is 14.0. The van der Waals surface area contributed by atoms with Gasteiger partial charge in [0.1, 0.15) is 11.6 Å². The number of nitrogens with zero attached hydrogens (tertiary/aromatic N) is 2. The number of esters is 1. The van der Waals surface area contributed by atoms with Crippen LogP contribution in [0.1, 0.15) is 16.2 Å². The molecule has 0 aliphatic rings. The van der Waals surface area contributed by atoms with Gasteiger partial charge in [0.15, 0.2) is 11.6 Å². The van der Waals surface area contributed by atoms with E-state index < -0.39 is 35.0 Å². The second-order valence-corrected chi connectivity index (χ2v) is 6.15. The first-order valence-corrected chi connectivity index (χ1v) is 8.50. The standard InChI is InChI=1S/C21H12F4N2O2/c22-13-5-3-6-14(23)12(13)11-27-18-10-2-1-9-17(18)26-20(27)21(28)29-19-15(24)7-4-8-16(19)25/h1-10H,11H2. The van der Waals surface area contributed by atoms with Gasteiger partial charge in [-0.25, -0.2) is 27.3 Å². The van der Waals surface area contributed by atoms with E-state index in [1.54, 1.807) is 24.3 Å². The Hall–Kier alpha value is -3.68. The number of benzene rings is 3. The third-order valence-corrected chi connectivity index (χ3v) is 4.33. The van der Waals surface area contributed by atoms with Gasteiger partial charge in [-0.05, 0) is 36.4 Å². The molecule has 4 rings (SSSR count). The number of ether oxygens (including phenoxy) is 1. The quantitative estimate of drug-likeness (QED) is 0.279. The Morgan fingerprint density at radius 3 is 2.07 bits per heavy atom. The maximum absolute atomic E-state index is 14.1. The first kappa shape index (κ1) is 18.7. The first-order valence-electron chi connectivity index (χ1n) is 8.50. The molecular weight excluding hydrogens is 388 g/mol. The van der Waals surface area contributed by atoms with Crippen LogP contribution in [0.25, 0.3) is 11.0 Å². The van der Waals surface area contributed by atoms with Crippen molar-refractivity contribution in [3.05, 3.63) is 95.3 Å². The summed E-state index contributed by atoms with van der Waals surface area (Å²) in [6.07, 6.45) is 0. The van der Waals surface area contributed by atoms with E-state index in [4.69, 9.17) is 4.74 Å². The smallest absolute Gasteiger partial charge is 0.380 e. The van der Waals surface area contributed by atoms with Gasteiger partial charge >= 0.3 is 5.97 Å². The van der Waals surface area contributed by atoms with Crippen molar-refractivity contribution >= 4 is 17.0 Å². The van der Waals surface area contributed by atoms with Gasteiger partial charge in [-0.3, -0.25) is 0 Å². The molecule has 29 heavy (non-hydrogen) atoms. The zero-order chi connectivity index (χ0) is 20.5. The largest absolute Gasteiger partial charge is 0.414 e. The molecule has 8 heteroatoms. The number of imidazole rings is 1. The lowest BCUT2D eigenvalue weighted by molar-refractivity contribution is 0.0703. The molecule has 0 saturated heterocycles. The van der Waals surface area contributed by atoms with Crippen molar-refractivity contribution in [2.75, 3.05) is 0 Å². The number of para-hydroxylation sites is 3. The number of rotatable bonds is 4. The summed E-state index contributed by atoms with van der Waals surface area (Å²) in [7, 11) is 0. The van der Waals surface area contributed by atoms with Gasteiger partial charge in [0.25, 0.3) is 0 Å². The lowest BCUT2D eigenvalue weighted by Gasteiger charge is -2.11. The summed E-state index contributed by atoms with van der Waals surface area (Å²) in [5.74, 6) is -6.14. The van der Waals surface area contributed by atoms with Crippen LogP contribution >= 0.6 is 0 Å². The van der Waals surface area contributed by atoms with Crippen LogP contribution in [-0.2, 0) is 6.54 Å². The fourth-order valence-corrected chi connectivity index (χ4v) is 2.95. The van der Waals surface area contributed by atoms with E-state index in [-0.39, 0.29) is 17.9 Å². The van der Waals surface area contributed by atoms with Gasteiger partial charge in [-0.1, -0.05) is 24.3 Å². The number of carbonyl (C=O) groups excluding carboxylic acids is 1. The summed E-state index contributed by atoms with van der Waals surface area (Å²) in [6.45, 7) is -0.372. The van der Waals surface area contributed by atoms with Gasteiger partial charge in [0.2, 0.25) is 11.6 Å². The maximum atomic E-state index is 14.1. The number of carbonyl (C=O) groups is 1. The maximum Gasteiger partial charge on any atom is 0.380 e. The van der Waals surface area contributed by atoms with Crippen LogP contribution in [0, 0.1) is 23.3 Å². The third-order valence-electron chi connectivity index (χ3n) is 4.33. The number of halogens is 4. The lowest BCUT2D eigenvalue weighted by Crippen LogP contribution is -2.18. The van der Waals surface area contributed by atoms with Crippen LogP contribution in [0.2, 0.25) is 0 Å². The number of hydrogen-bond donors (Lipinski definition) is 0. The van der Waals surface area contributed by atoms with E-state index in [0.29, 0.717) is 11.0 Å². The highest BCUT2D eigenvalue weighted by Crippen LogP contribution is 2.25. The molecule has 0 aliphatic heterocycles. The van der Waals surface area contributed by atoms with Gasteiger partial charge in [0.05, 0.1) is 17.6 Å². The Morgan fingerprint density at radius 1 is 0.828 bits per heavy atom. The molecule has 0 saturated carbocycles. The van der Waals surface area contributed by atoms with Crippen LogP contribution in [-0.4, -0.2) is 15.5 Å². The Labute approximate surface area is 162 Å². The second kappa shape index (κ2) is 7.38. The molecule has 0 atom stereocenters. The Morgan fingerprint density at radius 2 is 1.41 bits per heavy atom. The number of aromatic nitrogens is 2. The van der Waals surface area contributed by atoms with Crippen LogP contribution in [0.5, 0.6) is 5.75 Å². The molecule has 0 aliphatic carbocycles. The van der Waals surface area contributed by atoms with E-state index in [2.05, 4.69) is 4.98 Å². The molecule has 0 unspecified atom stereocenters. The van der Waals surface area contributed by atoms with E-state index in [1.165, 1.54) is 10.6 Å². The minimum atomic E-state index is -1.16. The van der Waals surface area contributed by atoms with E-state index >= 15 is 0 Å². The highest BCUT2D eigenvalue weighted by molar-refractivity contribution is 5.92. The Kier molecular flexibility index (Phi) is 4.75. The normalized spacial score (nSPS) is 11.0. The Bertz CT molecular complexity index is 1200.